The third-order valence-electron chi connectivity index (χ3n) is 3.99. The molecule has 2 N–H and O–H groups in total. The predicted octanol–water partition coefficient (Wildman–Crippen LogP) is 3.88. The van der Waals surface area contributed by atoms with E-state index in [1.165, 1.54) is 16.7 Å². The van der Waals surface area contributed by atoms with Gasteiger partial charge < -0.3 is 5.84 Å². The zero-order chi connectivity index (χ0) is 16.4. The molecule has 1 heterocycles. The summed E-state index contributed by atoms with van der Waals surface area (Å²) >= 11 is 1.60. The summed E-state index contributed by atoms with van der Waals surface area (Å²) in [6, 6.07) is 14.6. The third-order valence-corrected chi connectivity index (χ3v) is 5.00. The highest BCUT2D eigenvalue weighted by atomic mass is 32.2. The fourth-order valence-electron chi connectivity index (χ4n) is 2.42. The van der Waals surface area contributed by atoms with E-state index in [-0.39, 0.29) is 0 Å². The van der Waals surface area contributed by atoms with Crippen molar-refractivity contribution in [3.8, 4) is 11.4 Å². The molecule has 23 heavy (non-hydrogen) atoms. The number of nitrogen functional groups attached to an aromatic ring is 1. The first-order chi connectivity index (χ1) is 11.1. The van der Waals surface area contributed by atoms with Crippen LogP contribution in [0.1, 0.15) is 22.3 Å². The quantitative estimate of drug-likeness (QED) is 0.584. The lowest BCUT2D eigenvalue weighted by Gasteiger charge is -2.07. The fraction of sp³-hybridized carbons (Fsp3) is 0.222. The Kier molecular flexibility index (Phi) is 4.39. The number of benzene rings is 2. The van der Waals surface area contributed by atoms with Crippen LogP contribution in [0.5, 0.6) is 0 Å². The van der Waals surface area contributed by atoms with Crippen molar-refractivity contribution in [2.24, 2.45) is 0 Å². The van der Waals surface area contributed by atoms with E-state index in [0.717, 1.165) is 22.0 Å². The maximum atomic E-state index is 6.19. The number of thioether (sulfide) groups is 1. The largest absolute Gasteiger partial charge is 0.335 e. The molecule has 1 aromatic heterocycles. The summed E-state index contributed by atoms with van der Waals surface area (Å²) in [6.07, 6.45) is 0. The van der Waals surface area contributed by atoms with Gasteiger partial charge in [0.25, 0.3) is 0 Å². The van der Waals surface area contributed by atoms with Gasteiger partial charge in [-0.15, -0.1) is 10.2 Å². The van der Waals surface area contributed by atoms with Gasteiger partial charge in [-0.3, -0.25) is 0 Å². The molecule has 3 aromatic rings. The molecule has 0 saturated carbocycles. The number of aromatic nitrogens is 3. The Morgan fingerprint density at radius 2 is 1.74 bits per heavy atom. The second kappa shape index (κ2) is 6.46. The van der Waals surface area contributed by atoms with Gasteiger partial charge in [-0.1, -0.05) is 54.2 Å². The van der Waals surface area contributed by atoms with Crippen molar-refractivity contribution < 1.29 is 0 Å². The van der Waals surface area contributed by atoms with Crippen LogP contribution in [0.15, 0.2) is 47.6 Å². The Morgan fingerprint density at radius 1 is 0.957 bits per heavy atom. The van der Waals surface area contributed by atoms with Crippen LogP contribution in [0.3, 0.4) is 0 Å². The molecule has 5 heteroatoms. The van der Waals surface area contributed by atoms with Gasteiger partial charge in [0.1, 0.15) is 0 Å². The van der Waals surface area contributed by atoms with Crippen molar-refractivity contribution in [2.45, 2.75) is 31.7 Å². The van der Waals surface area contributed by atoms with Gasteiger partial charge in [-0.05, 0) is 43.0 Å². The van der Waals surface area contributed by atoms with Crippen molar-refractivity contribution in [2.75, 3.05) is 5.84 Å². The number of aryl methyl sites for hydroxylation is 3. The summed E-state index contributed by atoms with van der Waals surface area (Å²) in [5, 5.41) is 9.22. The number of rotatable bonds is 4. The molecule has 118 valence electrons. The maximum absolute atomic E-state index is 6.19. The Bertz CT molecular complexity index is 839. The minimum atomic E-state index is 0.700. The van der Waals surface area contributed by atoms with Gasteiger partial charge in [0.05, 0.1) is 0 Å². The molecule has 0 spiro atoms. The molecule has 0 fully saturated rings. The molecular weight excluding hydrogens is 304 g/mol. The predicted molar refractivity (Wildman–Crippen MR) is 95.8 cm³/mol. The molecule has 0 bridgehead atoms. The fourth-order valence-corrected chi connectivity index (χ4v) is 3.22. The van der Waals surface area contributed by atoms with E-state index in [1.54, 1.807) is 16.4 Å². The van der Waals surface area contributed by atoms with Gasteiger partial charge >= 0.3 is 0 Å². The van der Waals surface area contributed by atoms with Crippen LogP contribution in [-0.4, -0.2) is 14.9 Å². The molecule has 0 aliphatic carbocycles. The average Bonchev–Trinajstić information content (AvgIpc) is 2.90. The number of nitrogens with two attached hydrogens (primary N) is 1. The topological polar surface area (TPSA) is 56.7 Å². The highest BCUT2D eigenvalue weighted by molar-refractivity contribution is 7.98. The molecule has 3 rings (SSSR count). The van der Waals surface area contributed by atoms with Gasteiger partial charge in [-0.2, -0.15) is 0 Å². The van der Waals surface area contributed by atoms with Crippen LogP contribution in [-0.2, 0) is 5.75 Å². The van der Waals surface area contributed by atoms with Crippen LogP contribution in [0.25, 0.3) is 11.4 Å². The van der Waals surface area contributed by atoms with Crippen LogP contribution in [0.4, 0.5) is 0 Å². The van der Waals surface area contributed by atoms with Crippen molar-refractivity contribution in [1.29, 1.82) is 0 Å². The Labute approximate surface area is 140 Å². The number of hydrogen-bond donors (Lipinski definition) is 1. The zero-order valence-electron chi connectivity index (χ0n) is 13.6. The molecule has 0 radical (unpaired) electrons. The molecule has 2 aromatic carbocycles. The minimum absolute atomic E-state index is 0.700. The van der Waals surface area contributed by atoms with Gasteiger partial charge in [-0.25, -0.2) is 4.68 Å². The van der Waals surface area contributed by atoms with E-state index in [2.05, 4.69) is 42.2 Å². The molecule has 0 aliphatic rings. The van der Waals surface area contributed by atoms with Gasteiger partial charge in [0.2, 0.25) is 5.16 Å². The standard InChI is InChI=1S/C18H20N4S/c1-12-8-9-15(10-14(12)3)11-23-18-21-20-17(22(18)19)16-7-5-4-6-13(16)2/h4-10H,11,19H2,1-3H3. The average molecular weight is 324 g/mol. The Morgan fingerprint density at radius 3 is 2.48 bits per heavy atom. The Hall–Kier alpha value is -2.27. The summed E-state index contributed by atoms with van der Waals surface area (Å²) in [7, 11) is 0. The van der Waals surface area contributed by atoms with Gasteiger partial charge in [0, 0.05) is 11.3 Å². The highest BCUT2D eigenvalue weighted by Gasteiger charge is 2.13. The van der Waals surface area contributed by atoms with E-state index in [9.17, 15) is 0 Å². The maximum Gasteiger partial charge on any atom is 0.210 e. The molecular formula is C18H20N4S. The van der Waals surface area contributed by atoms with E-state index < -0.39 is 0 Å². The highest BCUT2D eigenvalue weighted by Crippen LogP contribution is 2.26. The van der Waals surface area contributed by atoms with Crippen molar-refractivity contribution in [3.05, 3.63) is 64.7 Å². The van der Waals surface area contributed by atoms with Crippen LogP contribution in [0, 0.1) is 20.8 Å². The molecule has 0 unspecified atom stereocenters. The second-order valence-electron chi connectivity index (χ2n) is 5.70. The normalized spacial score (nSPS) is 10.9. The van der Waals surface area contributed by atoms with Gasteiger partial charge in [0.15, 0.2) is 5.82 Å². The lowest BCUT2D eigenvalue weighted by atomic mass is 10.1. The van der Waals surface area contributed by atoms with Crippen molar-refractivity contribution in [3.63, 3.8) is 0 Å². The van der Waals surface area contributed by atoms with E-state index in [4.69, 9.17) is 5.84 Å². The third kappa shape index (κ3) is 3.24. The minimum Gasteiger partial charge on any atom is -0.335 e. The number of hydrogen-bond acceptors (Lipinski definition) is 4. The van der Waals surface area contributed by atoms with E-state index in [1.807, 2.05) is 31.2 Å². The molecule has 0 atom stereocenters. The van der Waals surface area contributed by atoms with E-state index in [0.29, 0.717) is 5.82 Å². The lowest BCUT2D eigenvalue weighted by molar-refractivity contribution is 0.849. The van der Waals surface area contributed by atoms with Crippen LogP contribution < -0.4 is 5.84 Å². The van der Waals surface area contributed by atoms with Crippen molar-refractivity contribution >= 4 is 11.8 Å². The SMILES string of the molecule is Cc1ccc(CSc2nnc(-c3ccccc3C)n2N)cc1C. The number of nitrogens with zero attached hydrogens (tertiary/aromatic N) is 3. The monoisotopic (exact) mass is 324 g/mol. The summed E-state index contributed by atoms with van der Waals surface area (Å²) in [5.74, 6) is 7.72. The molecule has 0 saturated heterocycles. The van der Waals surface area contributed by atoms with E-state index >= 15 is 0 Å². The first-order valence-electron chi connectivity index (χ1n) is 7.51. The summed E-state index contributed by atoms with van der Waals surface area (Å²) < 4.78 is 1.58. The molecule has 4 nitrogen and oxygen atoms in total. The Balaban J connectivity index is 1.80. The molecule has 0 aliphatic heterocycles. The first-order valence-corrected chi connectivity index (χ1v) is 8.50. The summed E-state index contributed by atoms with van der Waals surface area (Å²) in [6.45, 7) is 6.30. The lowest BCUT2D eigenvalue weighted by Crippen LogP contribution is -2.12. The summed E-state index contributed by atoms with van der Waals surface area (Å²) in [4.78, 5) is 0. The summed E-state index contributed by atoms with van der Waals surface area (Å²) in [5.41, 5.74) is 6.02. The second-order valence-corrected chi connectivity index (χ2v) is 6.64. The van der Waals surface area contributed by atoms with Crippen molar-refractivity contribution in [1.82, 2.24) is 14.9 Å². The zero-order valence-corrected chi connectivity index (χ0v) is 14.4. The first kappa shape index (κ1) is 15.6. The van der Waals surface area contributed by atoms with Crippen LogP contribution >= 0.6 is 11.8 Å². The molecule has 0 amide bonds. The smallest absolute Gasteiger partial charge is 0.210 e. The van der Waals surface area contributed by atoms with Crippen LogP contribution in [0.2, 0.25) is 0 Å².